The molecule has 3 aromatic carbocycles. The molecule has 0 amide bonds. The topological polar surface area (TPSA) is 49.0 Å². The molecule has 0 atom stereocenters. The van der Waals surface area contributed by atoms with Crippen molar-refractivity contribution in [2.75, 3.05) is 19.2 Å². The first-order valence-electron chi connectivity index (χ1n) is 9.10. The standard InChI is InChI=1S/C22H18Cl2FNO4/c1-27-20-6-14(10-26-16-4-5-19-21(8-16)30-12-29-19)18(24)9-22(20)28-11-13-2-3-15(25)7-17(13)23/h2-9,26H,10-12H2,1H3. The fraction of sp³-hybridized carbons (Fsp3) is 0.182. The molecule has 30 heavy (non-hydrogen) atoms. The molecule has 3 aromatic rings. The van der Waals surface area contributed by atoms with Gasteiger partial charge in [0.15, 0.2) is 23.0 Å². The van der Waals surface area contributed by atoms with E-state index in [0.29, 0.717) is 39.4 Å². The van der Waals surface area contributed by atoms with Gasteiger partial charge in [0.2, 0.25) is 6.79 Å². The Labute approximate surface area is 183 Å². The zero-order chi connectivity index (χ0) is 21.1. The Bertz CT molecular complexity index is 1080. The lowest BCUT2D eigenvalue weighted by Crippen LogP contribution is -2.03. The molecule has 0 unspecified atom stereocenters. The number of methoxy groups -OCH3 is 1. The van der Waals surface area contributed by atoms with Crippen molar-refractivity contribution in [1.29, 1.82) is 0 Å². The van der Waals surface area contributed by atoms with E-state index in [0.717, 1.165) is 17.0 Å². The number of hydrogen-bond acceptors (Lipinski definition) is 5. The van der Waals surface area contributed by atoms with Gasteiger partial charge in [-0.2, -0.15) is 0 Å². The number of ether oxygens (including phenoxy) is 4. The molecule has 0 saturated heterocycles. The van der Waals surface area contributed by atoms with E-state index in [9.17, 15) is 4.39 Å². The van der Waals surface area contributed by atoms with Crippen LogP contribution in [-0.4, -0.2) is 13.9 Å². The van der Waals surface area contributed by atoms with Crippen LogP contribution in [0.15, 0.2) is 48.5 Å². The summed E-state index contributed by atoms with van der Waals surface area (Å²) in [7, 11) is 1.55. The molecule has 0 bridgehead atoms. The minimum absolute atomic E-state index is 0.153. The Kier molecular flexibility index (Phi) is 6.06. The minimum atomic E-state index is -0.399. The fourth-order valence-electron chi connectivity index (χ4n) is 2.98. The number of fused-ring (bicyclic) bond motifs is 1. The molecule has 0 aromatic heterocycles. The van der Waals surface area contributed by atoms with Gasteiger partial charge in [0, 0.05) is 35.0 Å². The van der Waals surface area contributed by atoms with Crippen molar-refractivity contribution in [2.24, 2.45) is 0 Å². The molecule has 0 saturated carbocycles. The lowest BCUT2D eigenvalue weighted by Gasteiger charge is -2.15. The lowest BCUT2D eigenvalue weighted by atomic mass is 10.2. The SMILES string of the molecule is COc1cc(CNc2ccc3c(c2)OCO3)c(Cl)cc1OCc1ccc(F)cc1Cl. The highest BCUT2D eigenvalue weighted by molar-refractivity contribution is 6.31. The third kappa shape index (κ3) is 4.50. The van der Waals surface area contributed by atoms with Crippen molar-refractivity contribution in [3.05, 3.63) is 75.5 Å². The summed E-state index contributed by atoms with van der Waals surface area (Å²) in [5, 5.41) is 4.12. The van der Waals surface area contributed by atoms with Gasteiger partial charge in [0.05, 0.1) is 12.1 Å². The van der Waals surface area contributed by atoms with Crippen molar-refractivity contribution in [3.63, 3.8) is 0 Å². The quantitative estimate of drug-likeness (QED) is 0.474. The van der Waals surface area contributed by atoms with Gasteiger partial charge in [-0.25, -0.2) is 4.39 Å². The summed E-state index contributed by atoms with van der Waals surface area (Å²) >= 11 is 12.5. The molecular weight excluding hydrogens is 432 g/mol. The number of hydrogen-bond donors (Lipinski definition) is 1. The molecule has 1 N–H and O–H groups in total. The summed E-state index contributed by atoms with van der Waals surface area (Å²) in [5.74, 6) is 2.02. The highest BCUT2D eigenvalue weighted by Crippen LogP contribution is 2.36. The van der Waals surface area contributed by atoms with Crippen LogP contribution in [0.1, 0.15) is 11.1 Å². The van der Waals surface area contributed by atoms with Crippen molar-refractivity contribution >= 4 is 28.9 Å². The summed E-state index contributed by atoms with van der Waals surface area (Å²) < 4.78 is 35.2. The van der Waals surface area contributed by atoms with Crippen molar-refractivity contribution in [3.8, 4) is 23.0 Å². The Morgan fingerprint density at radius 2 is 1.73 bits per heavy atom. The maximum absolute atomic E-state index is 13.2. The van der Waals surface area contributed by atoms with Crippen molar-refractivity contribution < 1.29 is 23.3 Å². The first-order chi connectivity index (χ1) is 14.5. The zero-order valence-corrected chi connectivity index (χ0v) is 17.5. The van der Waals surface area contributed by atoms with Gasteiger partial charge in [0.25, 0.3) is 0 Å². The molecule has 156 valence electrons. The Morgan fingerprint density at radius 1 is 0.933 bits per heavy atom. The number of rotatable bonds is 7. The lowest BCUT2D eigenvalue weighted by molar-refractivity contribution is 0.174. The number of halogens is 3. The fourth-order valence-corrected chi connectivity index (χ4v) is 3.43. The molecule has 0 radical (unpaired) electrons. The second-order valence-electron chi connectivity index (χ2n) is 6.54. The van der Waals surface area contributed by atoms with E-state index in [2.05, 4.69) is 5.32 Å². The van der Waals surface area contributed by atoms with Crippen LogP contribution < -0.4 is 24.3 Å². The van der Waals surface area contributed by atoms with Crippen LogP contribution in [0.3, 0.4) is 0 Å². The Balaban J connectivity index is 1.46. The molecule has 4 rings (SSSR count). The Hall–Kier alpha value is -2.83. The van der Waals surface area contributed by atoms with Crippen LogP contribution in [-0.2, 0) is 13.2 Å². The molecule has 0 spiro atoms. The maximum atomic E-state index is 13.2. The monoisotopic (exact) mass is 449 g/mol. The first-order valence-corrected chi connectivity index (χ1v) is 9.86. The molecule has 8 heteroatoms. The van der Waals surface area contributed by atoms with Gasteiger partial charge >= 0.3 is 0 Å². The van der Waals surface area contributed by atoms with Crippen LogP contribution in [0.25, 0.3) is 0 Å². The molecule has 5 nitrogen and oxygen atoms in total. The van der Waals surface area contributed by atoms with E-state index < -0.39 is 5.82 Å². The summed E-state index contributed by atoms with van der Waals surface area (Å²) in [4.78, 5) is 0. The van der Waals surface area contributed by atoms with Crippen LogP contribution in [0.2, 0.25) is 10.0 Å². The van der Waals surface area contributed by atoms with E-state index in [1.165, 1.54) is 12.1 Å². The van der Waals surface area contributed by atoms with Gasteiger partial charge in [-0.15, -0.1) is 0 Å². The first kappa shape index (κ1) is 20.4. The van der Waals surface area contributed by atoms with Crippen LogP contribution >= 0.6 is 23.2 Å². The molecule has 0 aliphatic carbocycles. The smallest absolute Gasteiger partial charge is 0.231 e. The number of benzene rings is 3. The van der Waals surface area contributed by atoms with Crippen LogP contribution in [0, 0.1) is 5.82 Å². The number of anilines is 1. The van der Waals surface area contributed by atoms with E-state index in [4.69, 9.17) is 42.1 Å². The summed E-state index contributed by atoms with van der Waals surface area (Å²) in [6.45, 7) is 0.853. The average Bonchev–Trinajstić information content (AvgIpc) is 3.20. The third-order valence-electron chi connectivity index (χ3n) is 4.59. The minimum Gasteiger partial charge on any atom is -0.493 e. The predicted molar refractivity (Wildman–Crippen MR) is 114 cm³/mol. The average molecular weight is 450 g/mol. The van der Waals surface area contributed by atoms with Gasteiger partial charge in [-0.05, 0) is 35.9 Å². The van der Waals surface area contributed by atoms with E-state index in [1.807, 2.05) is 24.3 Å². The second-order valence-corrected chi connectivity index (χ2v) is 7.35. The summed E-state index contributed by atoms with van der Waals surface area (Å²) in [5.41, 5.74) is 2.36. The van der Waals surface area contributed by atoms with Gasteiger partial charge in [-0.1, -0.05) is 29.3 Å². The summed E-state index contributed by atoms with van der Waals surface area (Å²) in [6.07, 6.45) is 0. The van der Waals surface area contributed by atoms with Gasteiger partial charge in [-0.3, -0.25) is 0 Å². The van der Waals surface area contributed by atoms with E-state index >= 15 is 0 Å². The van der Waals surface area contributed by atoms with Crippen LogP contribution in [0.5, 0.6) is 23.0 Å². The van der Waals surface area contributed by atoms with Crippen molar-refractivity contribution in [1.82, 2.24) is 0 Å². The van der Waals surface area contributed by atoms with Gasteiger partial charge in [0.1, 0.15) is 12.4 Å². The molecule has 0 fully saturated rings. The van der Waals surface area contributed by atoms with Gasteiger partial charge < -0.3 is 24.3 Å². The Morgan fingerprint density at radius 3 is 2.53 bits per heavy atom. The molecular formula is C22H18Cl2FNO4. The highest BCUT2D eigenvalue weighted by Gasteiger charge is 2.15. The zero-order valence-electron chi connectivity index (χ0n) is 16.0. The number of nitrogens with one attached hydrogen (secondary N) is 1. The molecule has 1 heterocycles. The molecule has 1 aliphatic heterocycles. The normalized spacial score (nSPS) is 12.0. The van der Waals surface area contributed by atoms with Crippen LogP contribution in [0.4, 0.5) is 10.1 Å². The highest BCUT2D eigenvalue weighted by atomic mass is 35.5. The third-order valence-corrected chi connectivity index (χ3v) is 5.29. The van der Waals surface area contributed by atoms with E-state index in [-0.39, 0.29) is 13.4 Å². The molecule has 1 aliphatic rings. The maximum Gasteiger partial charge on any atom is 0.231 e. The second kappa shape index (κ2) is 8.90. The predicted octanol–water partition coefficient (Wildman–Crippen LogP) is 6.06. The van der Waals surface area contributed by atoms with Crippen molar-refractivity contribution in [2.45, 2.75) is 13.2 Å². The largest absolute Gasteiger partial charge is 0.493 e. The summed E-state index contributed by atoms with van der Waals surface area (Å²) in [6, 6.07) is 13.3. The van der Waals surface area contributed by atoms with E-state index in [1.54, 1.807) is 19.2 Å².